The normalized spacial score (nSPS) is 11.0. The second kappa shape index (κ2) is 41.6. The molecule has 300 valence electrons. The number of carboxylic acids is 4. The van der Waals surface area contributed by atoms with Gasteiger partial charge in [0, 0.05) is 51.9 Å². The Balaban J connectivity index is -0.000000122. The summed E-state index contributed by atoms with van der Waals surface area (Å²) in [6.45, 7) is -1.13. The van der Waals surface area contributed by atoms with Gasteiger partial charge in [-0.25, -0.2) is 0 Å². The zero-order chi connectivity index (χ0) is 42.1. The number of carboxylic acid groups (broad SMARTS) is 4. The molecular weight excluding hydrogens is 986 g/mol. The second-order valence-corrected chi connectivity index (χ2v) is 10.8. The van der Waals surface area contributed by atoms with Crippen LogP contribution >= 0.6 is 25.3 Å². The van der Waals surface area contributed by atoms with Crippen molar-refractivity contribution in [2.75, 3.05) is 24.6 Å². The van der Waals surface area contributed by atoms with Crippen LogP contribution < -0.4 is 61.5 Å². The number of rotatable bonds is 18. The molecule has 4 atom stereocenters. The van der Waals surface area contributed by atoms with Crippen LogP contribution in [0.2, 0.25) is 0 Å². The summed E-state index contributed by atoms with van der Waals surface area (Å²) in [4.78, 5) is 139. The fourth-order valence-corrected chi connectivity index (χ4v) is 2.83. The minimum Gasteiger partial charge on any atom is -0.672 e. The van der Waals surface area contributed by atoms with Crippen molar-refractivity contribution in [3.05, 3.63) is 0 Å². The molecule has 0 aromatic heterocycles. The van der Waals surface area contributed by atoms with E-state index >= 15 is 0 Å². The Kier molecular flexibility index (Phi) is 51.0. The van der Waals surface area contributed by atoms with Gasteiger partial charge in [0.2, 0.25) is 23.6 Å². The number of nitrogens with one attached hydrogen (secondary N) is 4. The van der Waals surface area contributed by atoms with Crippen molar-refractivity contribution in [2.24, 2.45) is 11.5 Å². The second-order valence-electron chi connectivity index (χ2n) is 8.55. The molecule has 0 aliphatic rings. The molecule has 27 nitrogen and oxygen atoms in total. The maximum Gasteiger partial charge on any atom is 3.00 e. The average molecular weight is 1020 g/mol. The fourth-order valence-electron chi connectivity index (χ4n) is 2.31. The van der Waals surface area contributed by atoms with E-state index in [4.69, 9.17) is 74.1 Å². The fraction of sp³-hybridized carbons (Fsp3) is 0.600. The quantitative estimate of drug-likeness (QED) is 0.0448. The van der Waals surface area contributed by atoms with Gasteiger partial charge in [0.25, 0.3) is 0 Å². The van der Waals surface area contributed by atoms with Crippen molar-refractivity contribution < 1.29 is 166 Å². The first-order chi connectivity index (χ1) is 23.7. The molecule has 0 spiro atoms. The standard InChI is InChI=1S/2C10H17N3O6S.3O3Si.2Y/c2*11-5(10(18)19)1-2-7(14)13-6(4-20)9(17)12-3-8(15)16;3*1-4(2)3;;/h2*5-6,20H,1-4,11H2,(H,12,17)(H,13,14)(H,15,16)(H,18,19);;;;;/q;;3*-2;2*+3. The van der Waals surface area contributed by atoms with Gasteiger partial charge < -0.3 is 95.3 Å². The summed E-state index contributed by atoms with van der Waals surface area (Å²) >= 11 is 7.75. The summed E-state index contributed by atoms with van der Waals surface area (Å²) in [6, 6.07) is -4.30. The van der Waals surface area contributed by atoms with Crippen molar-refractivity contribution in [3.8, 4) is 0 Å². The van der Waals surface area contributed by atoms with Gasteiger partial charge in [0.1, 0.15) is 37.3 Å². The molecule has 0 fully saturated rings. The van der Waals surface area contributed by atoms with Crippen LogP contribution in [-0.2, 0) is 117 Å². The Bertz CT molecular complexity index is 1120. The molecule has 0 rings (SSSR count). The Morgan fingerprint density at radius 2 is 0.778 bits per heavy atom. The van der Waals surface area contributed by atoms with Gasteiger partial charge >= 0.3 is 89.3 Å². The van der Waals surface area contributed by atoms with Crippen LogP contribution in [0.5, 0.6) is 0 Å². The number of hydrogen-bond acceptors (Lipinski definition) is 21. The monoisotopic (exact) mass is 1020 g/mol. The van der Waals surface area contributed by atoms with Crippen LogP contribution in [0, 0.1) is 0 Å². The molecule has 12 N–H and O–H groups in total. The largest absolute Gasteiger partial charge is 3.00 e. The summed E-state index contributed by atoms with van der Waals surface area (Å²) < 4.78 is 25.6. The smallest absolute Gasteiger partial charge is 0.672 e. The van der Waals surface area contributed by atoms with Crippen molar-refractivity contribution in [3.63, 3.8) is 0 Å². The summed E-state index contributed by atoms with van der Waals surface area (Å²) in [5.41, 5.74) is 10.5. The molecule has 0 radical (unpaired) electrons. The number of nitrogens with two attached hydrogens (primary N) is 2. The van der Waals surface area contributed by atoms with Crippen LogP contribution in [0.3, 0.4) is 0 Å². The topological polar surface area (TPSA) is 507 Å². The molecule has 4 unspecified atom stereocenters. The summed E-state index contributed by atoms with van der Waals surface area (Å²) in [7, 11) is -10.9. The third-order valence-corrected chi connectivity index (χ3v) is 5.23. The Labute approximate surface area is 370 Å². The van der Waals surface area contributed by atoms with E-state index < -0.39 is 112 Å². The number of amides is 4. The number of carbonyl (C=O) groups excluding carboxylic acids is 4. The minimum absolute atomic E-state index is 0. The van der Waals surface area contributed by atoms with Crippen LogP contribution in [-0.4, -0.2) is 144 Å². The van der Waals surface area contributed by atoms with E-state index in [9.17, 15) is 38.4 Å². The molecule has 0 aliphatic carbocycles. The third-order valence-electron chi connectivity index (χ3n) is 4.50. The zero-order valence-electron chi connectivity index (χ0n) is 27.4. The molecule has 0 saturated heterocycles. The van der Waals surface area contributed by atoms with Gasteiger partial charge in [-0.2, -0.15) is 25.3 Å². The van der Waals surface area contributed by atoms with E-state index in [1.165, 1.54) is 0 Å². The molecule has 0 aromatic carbocycles. The van der Waals surface area contributed by atoms with Gasteiger partial charge in [-0.1, -0.05) is 0 Å². The molecular formula is C20H34N6O21S2Si3Y2. The van der Waals surface area contributed by atoms with E-state index in [1.807, 2.05) is 0 Å². The van der Waals surface area contributed by atoms with Gasteiger partial charge in [0.05, 0.1) is 0 Å². The van der Waals surface area contributed by atoms with E-state index in [1.54, 1.807) is 0 Å². The summed E-state index contributed by atoms with van der Waals surface area (Å²) in [5, 5.41) is 42.7. The SMILES string of the molecule is NC(CCC(=O)NC(CS)C(=O)NCC(=O)O)C(=O)O.NC(CCC(=O)NC(CS)C(=O)NCC(=O)O)C(=O)O.O=[Si]([O-])[O-].O=[Si]([O-])[O-].O=[Si]([O-])[O-].[Y+3].[Y+3]. The molecule has 0 aromatic rings. The van der Waals surface area contributed by atoms with E-state index in [2.05, 4.69) is 46.5 Å². The molecule has 0 bridgehead atoms. The van der Waals surface area contributed by atoms with Crippen molar-refractivity contribution in [2.45, 2.75) is 49.9 Å². The van der Waals surface area contributed by atoms with Crippen molar-refractivity contribution in [1.82, 2.24) is 21.3 Å². The van der Waals surface area contributed by atoms with Gasteiger partial charge in [-0.15, -0.1) is 0 Å². The van der Waals surface area contributed by atoms with E-state index in [-0.39, 0.29) is 103 Å². The first-order valence-electron chi connectivity index (χ1n) is 13.2. The van der Waals surface area contributed by atoms with Gasteiger partial charge in [-0.3, -0.25) is 38.4 Å². The summed E-state index contributed by atoms with van der Waals surface area (Å²) in [5.74, 6) is -7.41. The number of hydrogen-bond donors (Lipinski definition) is 12. The zero-order valence-corrected chi connectivity index (χ0v) is 37.9. The van der Waals surface area contributed by atoms with Crippen LogP contribution in [0.25, 0.3) is 0 Å². The molecule has 0 aliphatic heterocycles. The van der Waals surface area contributed by atoms with Crippen LogP contribution in [0.4, 0.5) is 0 Å². The number of carbonyl (C=O) groups is 8. The van der Waals surface area contributed by atoms with E-state index in [0.29, 0.717) is 0 Å². The first kappa shape index (κ1) is 66.3. The van der Waals surface area contributed by atoms with E-state index in [0.717, 1.165) is 0 Å². The molecule has 34 heteroatoms. The van der Waals surface area contributed by atoms with Crippen molar-refractivity contribution >= 4 is 100 Å². The minimum atomic E-state index is -3.63. The van der Waals surface area contributed by atoms with Crippen LogP contribution in [0.1, 0.15) is 25.7 Å². The molecule has 4 amide bonds. The van der Waals surface area contributed by atoms with Crippen molar-refractivity contribution in [1.29, 1.82) is 0 Å². The molecule has 0 saturated carbocycles. The number of thiol groups is 2. The van der Waals surface area contributed by atoms with Gasteiger partial charge in [0.15, 0.2) is 0 Å². The Hall–Kier alpha value is -2.56. The Morgan fingerprint density at radius 3 is 0.944 bits per heavy atom. The predicted octanol–water partition coefficient (Wildman–Crippen LogP) is -13.0. The van der Waals surface area contributed by atoms with Gasteiger partial charge in [-0.05, 0) is 12.8 Å². The Morgan fingerprint density at radius 1 is 0.556 bits per heavy atom. The molecule has 54 heavy (non-hydrogen) atoms. The van der Waals surface area contributed by atoms with Crippen LogP contribution in [0.15, 0.2) is 0 Å². The maximum atomic E-state index is 11.5. The number of aliphatic carboxylic acids is 4. The summed E-state index contributed by atoms with van der Waals surface area (Å²) in [6.07, 6.45) is -0.470. The predicted molar refractivity (Wildman–Crippen MR) is 162 cm³/mol. The first-order valence-corrected chi connectivity index (χ1v) is 18.1. The molecule has 0 heterocycles. The average Bonchev–Trinajstić information content (AvgIpc) is 3.00. The third kappa shape index (κ3) is 56.2. The maximum absolute atomic E-state index is 11.5.